The smallest absolute Gasteiger partial charge is 0.358 e. The van der Waals surface area contributed by atoms with Gasteiger partial charge >= 0.3 is 5.97 Å². The molecule has 2 heterocycles. The molecule has 0 aliphatic heterocycles. The quantitative estimate of drug-likeness (QED) is 0.634. The van der Waals surface area contributed by atoms with Gasteiger partial charge in [0.1, 0.15) is 9.88 Å². The average Bonchev–Trinajstić information content (AvgIpc) is 2.84. The first kappa shape index (κ1) is 13.8. The third kappa shape index (κ3) is 2.87. The standard InChI is InChI=1S/C12H9BrN2O3S/c1-6(16)10-9(12(17)18-2)15-11(19-10)8-4-3-7(13)5-14-8/h3-5H,1-2H3. The van der Waals surface area contributed by atoms with Gasteiger partial charge in [-0.3, -0.25) is 9.78 Å². The topological polar surface area (TPSA) is 69.2 Å². The fourth-order valence-electron chi connectivity index (χ4n) is 1.41. The molecule has 0 amide bonds. The second kappa shape index (κ2) is 5.58. The van der Waals surface area contributed by atoms with E-state index in [1.807, 2.05) is 6.07 Å². The first-order chi connectivity index (χ1) is 9.02. The van der Waals surface area contributed by atoms with Crippen LogP contribution in [0.15, 0.2) is 22.8 Å². The van der Waals surface area contributed by atoms with Crippen molar-refractivity contribution in [2.75, 3.05) is 7.11 Å². The number of methoxy groups -OCH3 is 1. The maximum Gasteiger partial charge on any atom is 0.358 e. The van der Waals surface area contributed by atoms with Crippen molar-refractivity contribution in [3.05, 3.63) is 33.4 Å². The van der Waals surface area contributed by atoms with Crippen molar-refractivity contribution in [2.45, 2.75) is 6.92 Å². The fraction of sp³-hybridized carbons (Fsp3) is 0.167. The van der Waals surface area contributed by atoms with Crippen molar-refractivity contribution in [3.63, 3.8) is 0 Å². The summed E-state index contributed by atoms with van der Waals surface area (Å²) < 4.78 is 5.46. The Kier molecular flexibility index (Phi) is 4.06. The third-order valence-electron chi connectivity index (χ3n) is 2.27. The summed E-state index contributed by atoms with van der Waals surface area (Å²) in [5, 5.41) is 0.512. The monoisotopic (exact) mass is 340 g/mol. The third-order valence-corrected chi connectivity index (χ3v) is 3.92. The minimum Gasteiger partial charge on any atom is -0.464 e. The van der Waals surface area contributed by atoms with Crippen molar-refractivity contribution < 1.29 is 14.3 Å². The normalized spacial score (nSPS) is 10.3. The molecule has 0 saturated carbocycles. The van der Waals surface area contributed by atoms with Crippen LogP contribution in [0, 0.1) is 0 Å². The highest BCUT2D eigenvalue weighted by Crippen LogP contribution is 2.28. The molecule has 19 heavy (non-hydrogen) atoms. The van der Waals surface area contributed by atoms with Crippen LogP contribution >= 0.6 is 27.3 Å². The molecule has 2 aromatic rings. The molecule has 0 aromatic carbocycles. The van der Waals surface area contributed by atoms with Crippen LogP contribution in [0.25, 0.3) is 10.7 Å². The number of esters is 1. The molecular weight excluding hydrogens is 332 g/mol. The second-order valence-corrected chi connectivity index (χ2v) is 5.52. The minimum absolute atomic E-state index is 0.0414. The lowest BCUT2D eigenvalue weighted by Gasteiger charge is -1.95. The number of nitrogens with zero attached hydrogens (tertiary/aromatic N) is 2. The molecule has 0 aliphatic rings. The Morgan fingerprint density at radius 2 is 2.11 bits per heavy atom. The number of aromatic nitrogens is 2. The zero-order chi connectivity index (χ0) is 14.0. The van der Waals surface area contributed by atoms with Gasteiger partial charge in [-0.1, -0.05) is 0 Å². The van der Waals surface area contributed by atoms with Crippen LogP contribution in [-0.4, -0.2) is 28.8 Å². The number of halogens is 1. The summed E-state index contributed by atoms with van der Waals surface area (Å²) in [6.45, 7) is 1.39. The van der Waals surface area contributed by atoms with Gasteiger partial charge < -0.3 is 4.74 Å². The Balaban J connectivity index is 2.51. The van der Waals surface area contributed by atoms with Crippen LogP contribution in [0.4, 0.5) is 0 Å². The van der Waals surface area contributed by atoms with E-state index in [4.69, 9.17) is 0 Å². The summed E-state index contributed by atoms with van der Waals surface area (Å²) in [5.41, 5.74) is 0.644. The minimum atomic E-state index is -0.621. The zero-order valence-corrected chi connectivity index (χ0v) is 12.5. The number of ketones is 1. The van der Waals surface area contributed by atoms with E-state index in [0.717, 1.165) is 15.8 Å². The molecule has 2 aromatic heterocycles. The molecule has 0 atom stereocenters. The van der Waals surface area contributed by atoms with Gasteiger partial charge in [0.05, 0.1) is 12.8 Å². The molecule has 0 saturated heterocycles. The fourth-order valence-corrected chi connectivity index (χ4v) is 2.57. The lowest BCUT2D eigenvalue weighted by molar-refractivity contribution is 0.0591. The van der Waals surface area contributed by atoms with Gasteiger partial charge in [0, 0.05) is 17.6 Å². The van der Waals surface area contributed by atoms with Gasteiger partial charge in [-0.05, 0) is 28.1 Å². The maximum absolute atomic E-state index is 11.6. The lowest BCUT2D eigenvalue weighted by atomic mass is 10.3. The first-order valence-electron chi connectivity index (χ1n) is 5.25. The molecule has 0 spiro atoms. The molecule has 0 fully saturated rings. The van der Waals surface area contributed by atoms with Crippen LogP contribution in [0.3, 0.4) is 0 Å². The Morgan fingerprint density at radius 3 is 2.63 bits per heavy atom. The molecule has 98 valence electrons. The largest absolute Gasteiger partial charge is 0.464 e. The highest BCUT2D eigenvalue weighted by atomic mass is 79.9. The lowest BCUT2D eigenvalue weighted by Crippen LogP contribution is -2.06. The van der Waals surface area contributed by atoms with E-state index < -0.39 is 5.97 Å². The highest BCUT2D eigenvalue weighted by Gasteiger charge is 2.22. The SMILES string of the molecule is COC(=O)c1nc(-c2ccc(Br)cn2)sc1C(C)=O. The number of carbonyl (C=O) groups excluding carboxylic acids is 2. The van der Waals surface area contributed by atoms with Gasteiger partial charge in [0.25, 0.3) is 0 Å². The van der Waals surface area contributed by atoms with Crippen molar-refractivity contribution in [1.29, 1.82) is 0 Å². The highest BCUT2D eigenvalue weighted by molar-refractivity contribution is 9.10. The van der Waals surface area contributed by atoms with Crippen LogP contribution in [0.2, 0.25) is 0 Å². The number of ether oxygens (including phenoxy) is 1. The van der Waals surface area contributed by atoms with Gasteiger partial charge in [-0.2, -0.15) is 0 Å². The number of thiazole rings is 1. The molecule has 0 unspecified atom stereocenters. The molecule has 7 heteroatoms. The Hall–Kier alpha value is -1.60. The van der Waals surface area contributed by atoms with Crippen LogP contribution in [0.5, 0.6) is 0 Å². The zero-order valence-electron chi connectivity index (χ0n) is 10.1. The average molecular weight is 341 g/mol. The van der Waals surface area contributed by atoms with Gasteiger partial charge in [0.15, 0.2) is 11.5 Å². The van der Waals surface area contributed by atoms with Crippen LogP contribution in [-0.2, 0) is 4.74 Å². The number of Topliss-reactive ketones (excluding diaryl/α,β-unsaturated/α-hetero) is 1. The van der Waals surface area contributed by atoms with Crippen LogP contribution < -0.4 is 0 Å². The predicted octanol–water partition coefficient (Wildman–Crippen LogP) is 2.96. The predicted molar refractivity (Wildman–Crippen MR) is 74.4 cm³/mol. The summed E-state index contributed by atoms with van der Waals surface area (Å²) in [5.74, 6) is -0.842. The Morgan fingerprint density at radius 1 is 1.37 bits per heavy atom. The first-order valence-corrected chi connectivity index (χ1v) is 6.86. The molecule has 2 rings (SSSR count). The van der Waals surface area contributed by atoms with Gasteiger partial charge in [0.2, 0.25) is 0 Å². The molecule has 0 N–H and O–H groups in total. The molecule has 0 aliphatic carbocycles. The Bertz CT molecular complexity index is 637. The number of hydrogen-bond acceptors (Lipinski definition) is 6. The molecular formula is C12H9BrN2O3S. The van der Waals surface area contributed by atoms with E-state index in [-0.39, 0.29) is 16.4 Å². The number of pyridine rings is 1. The van der Waals surface area contributed by atoms with Crippen molar-refractivity contribution in [1.82, 2.24) is 9.97 Å². The summed E-state index contributed by atoms with van der Waals surface area (Å²) in [6, 6.07) is 3.57. The summed E-state index contributed by atoms with van der Waals surface area (Å²) in [7, 11) is 1.25. The summed E-state index contributed by atoms with van der Waals surface area (Å²) in [4.78, 5) is 31.7. The second-order valence-electron chi connectivity index (χ2n) is 3.61. The molecule has 0 radical (unpaired) electrons. The number of rotatable bonds is 3. The van der Waals surface area contributed by atoms with E-state index in [1.165, 1.54) is 14.0 Å². The maximum atomic E-state index is 11.6. The summed E-state index contributed by atoms with van der Waals surface area (Å²) in [6.07, 6.45) is 1.63. The molecule has 5 nitrogen and oxygen atoms in total. The van der Waals surface area contributed by atoms with Gasteiger partial charge in [-0.25, -0.2) is 9.78 Å². The van der Waals surface area contributed by atoms with Crippen molar-refractivity contribution >= 4 is 39.0 Å². The summed E-state index contributed by atoms with van der Waals surface area (Å²) >= 11 is 4.42. The van der Waals surface area contributed by atoms with Crippen LogP contribution in [0.1, 0.15) is 27.1 Å². The Labute approximate surface area is 121 Å². The molecule has 0 bridgehead atoms. The van der Waals surface area contributed by atoms with Crippen molar-refractivity contribution in [3.8, 4) is 10.7 Å². The van der Waals surface area contributed by atoms with E-state index in [2.05, 4.69) is 30.6 Å². The van der Waals surface area contributed by atoms with Crippen molar-refractivity contribution in [2.24, 2.45) is 0 Å². The van der Waals surface area contributed by atoms with E-state index in [9.17, 15) is 9.59 Å². The van der Waals surface area contributed by atoms with Gasteiger partial charge in [-0.15, -0.1) is 11.3 Å². The van der Waals surface area contributed by atoms with E-state index >= 15 is 0 Å². The van der Waals surface area contributed by atoms with E-state index in [1.54, 1.807) is 12.3 Å². The number of hydrogen-bond donors (Lipinski definition) is 0. The van der Waals surface area contributed by atoms with E-state index in [0.29, 0.717) is 10.7 Å². The number of carbonyl (C=O) groups is 2.